The highest BCUT2D eigenvalue weighted by molar-refractivity contribution is 5.81. The quantitative estimate of drug-likeness (QED) is 0.808. The van der Waals surface area contributed by atoms with Crippen LogP contribution in [0.2, 0.25) is 0 Å². The molecule has 2 heterocycles. The van der Waals surface area contributed by atoms with Crippen molar-refractivity contribution in [3.05, 3.63) is 24.3 Å². The van der Waals surface area contributed by atoms with Gasteiger partial charge in [-0.2, -0.15) is 0 Å². The monoisotopic (exact) mass is 316 g/mol. The third-order valence-corrected chi connectivity index (χ3v) is 4.18. The zero-order valence-corrected chi connectivity index (χ0v) is 13.1. The summed E-state index contributed by atoms with van der Waals surface area (Å²) < 4.78 is 1.59. The second-order valence-corrected chi connectivity index (χ2v) is 5.94. The Kier molecular flexibility index (Phi) is 4.24. The van der Waals surface area contributed by atoms with Gasteiger partial charge in [0, 0.05) is 26.2 Å². The number of para-hydroxylation sites is 1. The summed E-state index contributed by atoms with van der Waals surface area (Å²) in [6.45, 7) is 2.32. The van der Waals surface area contributed by atoms with Gasteiger partial charge >= 0.3 is 0 Å². The lowest BCUT2D eigenvalue weighted by atomic mass is 10.1. The first-order chi connectivity index (χ1) is 11.0. The van der Waals surface area contributed by atoms with Crippen molar-refractivity contribution in [3.8, 4) is 0 Å². The van der Waals surface area contributed by atoms with Gasteiger partial charge in [-0.05, 0) is 19.2 Å². The SMILES string of the molecule is CN1CCN(C(=O)Cn2nnc3ccccc32)C[C@@H](C(N)=O)C1. The molecule has 0 saturated carbocycles. The number of nitrogens with zero attached hydrogens (tertiary/aromatic N) is 5. The van der Waals surface area contributed by atoms with E-state index in [-0.39, 0.29) is 24.3 Å². The van der Waals surface area contributed by atoms with E-state index in [9.17, 15) is 9.59 Å². The van der Waals surface area contributed by atoms with E-state index in [1.807, 2.05) is 36.2 Å². The van der Waals surface area contributed by atoms with Gasteiger partial charge in [0.15, 0.2) is 0 Å². The molecular formula is C15H20N6O2. The first kappa shape index (κ1) is 15.4. The number of nitrogens with two attached hydrogens (primary N) is 1. The molecule has 1 aromatic heterocycles. The summed E-state index contributed by atoms with van der Waals surface area (Å²) in [4.78, 5) is 27.9. The van der Waals surface area contributed by atoms with E-state index < -0.39 is 0 Å². The Morgan fingerprint density at radius 1 is 1.26 bits per heavy atom. The van der Waals surface area contributed by atoms with Crippen LogP contribution in [0.15, 0.2) is 24.3 Å². The maximum Gasteiger partial charge on any atom is 0.244 e. The molecule has 1 atom stereocenters. The summed E-state index contributed by atoms with van der Waals surface area (Å²) in [5, 5.41) is 8.09. The van der Waals surface area contributed by atoms with E-state index >= 15 is 0 Å². The van der Waals surface area contributed by atoms with E-state index in [1.165, 1.54) is 0 Å². The Hall–Kier alpha value is -2.48. The normalized spacial score (nSPS) is 19.7. The molecule has 8 heteroatoms. The summed E-state index contributed by atoms with van der Waals surface area (Å²) >= 11 is 0. The summed E-state index contributed by atoms with van der Waals surface area (Å²) in [5.74, 6) is -0.802. The molecule has 1 aliphatic heterocycles. The predicted molar refractivity (Wildman–Crippen MR) is 84.3 cm³/mol. The maximum absolute atomic E-state index is 12.6. The van der Waals surface area contributed by atoms with Crippen molar-refractivity contribution in [1.29, 1.82) is 0 Å². The van der Waals surface area contributed by atoms with Gasteiger partial charge in [0.2, 0.25) is 11.8 Å². The Bertz CT molecular complexity index is 728. The number of benzene rings is 1. The molecule has 23 heavy (non-hydrogen) atoms. The van der Waals surface area contributed by atoms with Gasteiger partial charge in [0.25, 0.3) is 0 Å². The Labute approximate surface area is 133 Å². The molecule has 2 N–H and O–H groups in total. The number of fused-ring (bicyclic) bond motifs is 1. The second kappa shape index (κ2) is 6.33. The van der Waals surface area contributed by atoms with Crippen LogP contribution < -0.4 is 5.73 Å². The van der Waals surface area contributed by atoms with Crippen LogP contribution in [-0.4, -0.2) is 69.8 Å². The average molecular weight is 316 g/mol. The van der Waals surface area contributed by atoms with E-state index in [0.29, 0.717) is 26.2 Å². The highest BCUT2D eigenvalue weighted by Gasteiger charge is 2.27. The molecule has 2 amide bonds. The minimum atomic E-state index is -0.372. The number of amides is 2. The molecule has 0 radical (unpaired) electrons. The molecule has 0 bridgehead atoms. The van der Waals surface area contributed by atoms with Gasteiger partial charge in [-0.3, -0.25) is 9.59 Å². The summed E-state index contributed by atoms with van der Waals surface area (Å²) in [6, 6.07) is 7.50. The Morgan fingerprint density at radius 3 is 2.83 bits per heavy atom. The lowest BCUT2D eigenvalue weighted by Gasteiger charge is -2.22. The van der Waals surface area contributed by atoms with Crippen molar-refractivity contribution < 1.29 is 9.59 Å². The third kappa shape index (κ3) is 3.31. The van der Waals surface area contributed by atoms with Crippen LogP contribution in [0.4, 0.5) is 0 Å². The largest absolute Gasteiger partial charge is 0.369 e. The lowest BCUT2D eigenvalue weighted by molar-refractivity contribution is -0.133. The van der Waals surface area contributed by atoms with Crippen molar-refractivity contribution >= 4 is 22.8 Å². The number of likely N-dealkylation sites (N-methyl/N-ethyl adjacent to an activating group) is 1. The van der Waals surface area contributed by atoms with Crippen LogP contribution in [0.1, 0.15) is 0 Å². The molecule has 1 fully saturated rings. The predicted octanol–water partition coefficient (Wildman–Crippen LogP) is -0.693. The highest BCUT2D eigenvalue weighted by atomic mass is 16.2. The highest BCUT2D eigenvalue weighted by Crippen LogP contribution is 2.12. The van der Waals surface area contributed by atoms with Crippen molar-refractivity contribution in [3.63, 3.8) is 0 Å². The standard InChI is InChI=1S/C15H20N6O2/c1-19-6-7-20(9-11(8-19)15(16)23)14(22)10-21-13-5-3-2-4-12(13)17-18-21/h2-5,11H,6-10H2,1H3,(H2,16,23)/t11-/m0/s1. The minimum absolute atomic E-state index is 0.0813. The van der Waals surface area contributed by atoms with Crippen LogP contribution >= 0.6 is 0 Å². The Balaban J connectivity index is 1.75. The fourth-order valence-electron chi connectivity index (χ4n) is 2.84. The summed E-state index contributed by atoms with van der Waals surface area (Å²) in [6.07, 6.45) is 0. The fourth-order valence-corrected chi connectivity index (χ4v) is 2.84. The van der Waals surface area contributed by atoms with Crippen molar-refractivity contribution in [2.45, 2.75) is 6.54 Å². The van der Waals surface area contributed by atoms with Crippen LogP contribution in [-0.2, 0) is 16.1 Å². The molecule has 0 aliphatic carbocycles. The van der Waals surface area contributed by atoms with Crippen molar-refractivity contribution in [2.24, 2.45) is 11.7 Å². The van der Waals surface area contributed by atoms with E-state index in [2.05, 4.69) is 10.3 Å². The average Bonchev–Trinajstić information content (AvgIpc) is 2.81. The molecule has 1 aromatic carbocycles. The van der Waals surface area contributed by atoms with Crippen LogP contribution in [0.5, 0.6) is 0 Å². The van der Waals surface area contributed by atoms with Crippen LogP contribution in [0.3, 0.4) is 0 Å². The van der Waals surface area contributed by atoms with Gasteiger partial charge in [0.05, 0.1) is 11.4 Å². The third-order valence-electron chi connectivity index (χ3n) is 4.18. The number of rotatable bonds is 3. The maximum atomic E-state index is 12.6. The molecule has 2 aromatic rings. The summed E-state index contributed by atoms with van der Waals surface area (Å²) in [7, 11) is 1.93. The Morgan fingerprint density at radius 2 is 2.04 bits per heavy atom. The molecule has 0 unspecified atom stereocenters. The molecule has 122 valence electrons. The molecular weight excluding hydrogens is 296 g/mol. The van der Waals surface area contributed by atoms with Crippen molar-refractivity contribution in [2.75, 3.05) is 33.2 Å². The minimum Gasteiger partial charge on any atom is -0.369 e. The van der Waals surface area contributed by atoms with E-state index in [4.69, 9.17) is 5.73 Å². The van der Waals surface area contributed by atoms with E-state index in [0.717, 1.165) is 11.0 Å². The van der Waals surface area contributed by atoms with Gasteiger partial charge in [-0.15, -0.1) is 5.10 Å². The molecule has 3 rings (SSSR count). The van der Waals surface area contributed by atoms with Crippen LogP contribution in [0.25, 0.3) is 11.0 Å². The molecule has 1 saturated heterocycles. The molecule has 8 nitrogen and oxygen atoms in total. The molecule has 0 spiro atoms. The number of hydrogen-bond donors (Lipinski definition) is 1. The van der Waals surface area contributed by atoms with Crippen molar-refractivity contribution in [1.82, 2.24) is 24.8 Å². The van der Waals surface area contributed by atoms with E-state index in [1.54, 1.807) is 9.58 Å². The van der Waals surface area contributed by atoms with Crippen LogP contribution in [0, 0.1) is 5.92 Å². The summed E-state index contributed by atoms with van der Waals surface area (Å²) in [5.41, 5.74) is 7.01. The van der Waals surface area contributed by atoms with Gasteiger partial charge < -0.3 is 15.5 Å². The smallest absolute Gasteiger partial charge is 0.244 e. The lowest BCUT2D eigenvalue weighted by Crippen LogP contribution is -2.41. The first-order valence-corrected chi connectivity index (χ1v) is 7.58. The second-order valence-electron chi connectivity index (χ2n) is 5.94. The topological polar surface area (TPSA) is 97.3 Å². The number of carbonyl (C=O) groups excluding carboxylic acids is 2. The number of aromatic nitrogens is 3. The van der Waals surface area contributed by atoms with Gasteiger partial charge in [-0.25, -0.2) is 4.68 Å². The number of primary amides is 1. The zero-order chi connectivity index (χ0) is 16.4. The molecule has 1 aliphatic rings. The zero-order valence-electron chi connectivity index (χ0n) is 13.1. The van der Waals surface area contributed by atoms with Gasteiger partial charge in [0.1, 0.15) is 12.1 Å². The first-order valence-electron chi connectivity index (χ1n) is 7.58. The number of carbonyl (C=O) groups is 2. The number of hydrogen-bond acceptors (Lipinski definition) is 5. The van der Waals surface area contributed by atoms with Gasteiger partial charge in [-0.1, -0.05) is 17.3 Å². The fraction of sp³-hybridized carbons (Fsp3) is 0.467.